The monoisotopic (exact) mass is 204 g/mol. The second-order valence-corrected chi connectivity index (χ2v) is 3.18. The number of aliphatic hydroxyl groups excluding tert-OH is 1. The van der Waals surface area contributed by atoms with E-state index in [-0.39, 0.29) is 6.61 Å². The van der Waals surface area contributed by atoms with Crippen LogP contribution in [0.3, 0.4) is 0 Å². The third kappa shape index (κ3) is 2.38. The fraction of sp³-hybridized carbons (Fsp3) is 0.300. The normalized spacial score (nSPS) is 10.5. The number of aliphatic hydroxyl groups is 1. The van der Waals surface area contributed by atoms with E-state index in [9.17, 15) is 0 Å². The highest BCUT2D eigenvalue weighted by atomic mass is 16.2. The van der Waals surface area contributed by atoms with Crippen LogP contribution in [0.1, 0.15) is 12.0 Å². The van der Waals surface area contributed by atoms with Crippen LogP contribution in [0.15, 0.2) is 31.0 Å². The zero-order valence-corrected chi connectivity index (χ0v) is 8.24. The first-order chi connectivity index (χ1) is 7.40. The number of nitrogens with zero attached hydrogens (tertiary/aromatic N) is 4. The van der Waals surface area contributed by atoms with E-state index in [1.807, 2.05) is 6.20 Å². The van der Waals surface area contributed by atoms with E-state index in [1.54, 1.807) is 29.5 Å². The highest BCUT2D eigenvalue weighted by molar-refractivity contribution is 5.18. The molecule has 0 aliphatic rings. The maximum absolute atomic E-state index is 8.70. The summed E-state index contributed by atoms with van der Waals surface area (Å²) in [4.78, 5) is 8.10. The van der Waals surface area contributed by atoms with Crippen LogP contribution >= 0.6 is 0 Å². The van der Waals surface area contributed by atoms with Gasteiger partial charge in [0.25, 0.3) is 0 Å². The quantitative estimate of drug-likeness (QED) is 0.791. The summed E-state index contributed by atoms with van der Waals surface area (Å²) in [7, 11) is 0. The molecule has 0 saturated heterocycles. The van der Waals surface area contributed by atoms with Gasteiger partial charge in [-0.25, -0.2) is 9.67 Å². The second kappa shape index (κ2) is 4.65. The Bertz CT molecular complexity index is 412. The fourth-order valence-corrected chi connectivity index (χ4v) is 1.31. The highest BCUT2D eigenvalue weighted by Crippen LogP contribution is 2.05. The third-order valence-electron chi connectivity index (χ3n) is 2.04. The van der Waals surface area contributed by atoms with E-state index in [1.165, 1.54) is 0 Å². The van der Waals surface area contributed by atoms with Crippen molar-refractivity contribution in [2.75, 3.05) is 6.61 Å². The van der Waals surface area contributed by atoms with E-state index < -0.39 is 0 Å². The summed E-state index contributed by atoms with van der Waals surface area (Å²) in [5.41, 5.74) is 1.09. The van der Waals surface area contributed by atoms with Crippen molar-refractivity contribution in [3.63, 3.8) is 0 Å². The standard InChI is InChI=1S/C10H12N4O/c15-5-1-2-9-6-13-14(8-9)10-7-11-3-4-12-10/h3-4,6-8,15H,1-2,5H2. The lowest BCUT2D eigenvalue weighted by molar-refractivity contribution is 0.288. The molecule has 2 aromatic rings. The first-order valence-electron chi connectivity index (χ1n) is 4.81. The molecule has 0 bridgehead atoms. The van der Waals surface area contributed by atoms with Gasteiger partial charge in [-0.2, -0.15) is 5.10 Å². The van der Waals surface area contributed by atoms with Crippen LogP contribution in [0.4, 0.5) is 0 Å². The molecule has 0 amide bonds. The smallest absolute Gasteiger partial charge is 0.171 e. The van der Waals surface area contributed by atoms with Gasteiger partial charge in [-0.1, -0.05) is 0 Å². The molecule has 0 saturated carbocycles. The average molecular weight is 204 g/mol. The average Bonchev–Trinajstić information content (AvgIpc) is 2.76. The van der Waals surface area contributed by atoms with Gasteiger partial charge in [0.1, 0.15) is 0 Å². The summed E-state index contributed by atoms with van der Waals surface area (Å²) >= 11 is 0. The zero-order valence-electron chi connectivity index (χ0n) is 8.24. The molecule has 0 fully saturated rings. The molecular weight excluding hydrogens is 192 g/mol. The fourth-order valence-electron chi connectivity index (χ4n) is 1.31. The molecule has 0 aliphatic carbocycles. The minimum atomic E-state index is 0.205. The van der Waals surface area contributed by atoms with Crippen molar-refractivity contribution in [1.29, 1.82) is 0 Å². The molecule has 0 aliphatic heterocycles. The minimum absolute atomic E-state index is 0.205. The predicted octanol–water partition coefficient (Wildman–Crippen LogP) is 0.587. The van der Waals surface area contributed by atoms with Crippen LogP contribution in [0.2, 0.25) is 0 Å². The molecule has 0 atom stereocenters. The molecule has 5 nitrogen and oxygen atoms in total. The van der Waals surface area contributed by atoms with Crippen molar-refractivity contribution >= 4 is 0 Å². The van der Waals surface area contributed by atoms with E-state index >= 15 is 0 Å². The number of aromatic nitrogens is 4. The Kier molecular flexibility index (Phi) is 3.04. The van der Waals surface area contributed by atoms with E-state index in [4.69, 9.17) is 5.11 Å². The van der Waals surface area contributed by atoms with Gasteiger partial charge in [0.05, 0.1) is 12.4 Å². The lowest BCUT2D eigenvalue weighted by Gasteiger charge is -1.97. The minimum Gasteiger partial charge on any atom is -0.396 e. The molecule has 2 rings (SSSR count). The number of hydrogen-bond donors (Lipinski definition) is 1. The van der Waals surface area contributed by atoms with Gasteiger partial charge in [0.15, 0.2) is 5.82 Å². The Morgan fingerprint density at radius 2 is 2.20 bits per heavy atom. The molecule has 5 heteroatoms. The molecule has 0 radical (unpaired) electrons. The lowest BCUT2D eigenvalue weighted by Crippen LogP contribution is -1.97. The Morgan fingerprint density at radius 1 is 1.27 bits per heavy atom. The van der Waals surface area contributed by atoms with Crippen molar-refractivity contribution in [2.45, 2.75) is 12.8 Å². The molecule has 1 N–H and O–H groups in total. The molecule has 0 spiro atoms. The zero-order chi connectivity index (χ0) is 10.5. The lowest BCUT2D eigenvalue weighted by atomic mass is 10.2. The van der Waals surface area contributed by atoms with Gasteiger partial charge in [-0.15, -0.1) is 0 Å². The molecule has 0 aromatic carbocycles. The highest BCUT2D eigenvalue weighted by Gasteiger charge is 2.01. The molecule has 78 valence electrons. The van der Waals surface area contributed by atoms with Gasteiger partial charge in [0.2, 0.25) is 0 Å². The maximum atomic E-state index is 8.70. The van der Waals surface area contributed by atoms with Gasteiger partial charge >= 0.3 is 0 Å². The van der Waals surface area contributed by atoms with E-state index in [0.717, 1.165) is 18.4 Å². The maximum Gasteiger partial charge on any atom is 0.171 e. The van der Waals surface area contributed by atoms with Crippen LogP contribution in [0.25, 0.3) is 5.82 Å². The summed E-state index contributed by atoms with van der Waals surface area (Å²) in [5, 5.41) is 12.9. The summed E-state index contributed by atoms with van der Waals surface area (Å²) in [6, 6.07) is 0. The summed E-state index contributed by atoms with van der Waals surface area (Å²) in [5.74, 6) is 0.702. The molecule has 0 unspecified atom stereocenters. The SMILES string of the molecule is OCCCc1cnn(-c2cnccn2)c1. The third-order valence-corrected chi connectivity index (χ3v) is 2.04. The molecule has 2 heterocycles. The number of rotatable bonds is 4. The molecule has 15 heavy (non-hydrogen) atoms. The van der Waals surface area contributed by atoms with Crippen molar-refractivity contribution in [2.24, 2.45) is 0 Å². The van der Waals surface area contributed by atoms with Gasteiger partial charge in [-0.3, -0.25) is 4.98 Å². The first-order valence-corrected chi connectivity index (χ1v) is 4.81. The second-order valence-electron chi connectivity index (χ2n) is 3.18. The van der Waals surface area contributed by atoms with Crippen LogP contribution < -0.4 is 0 Å². The van der Waals surface area contributed by atoms with Gasteiger partial charge in [0, 0.05) is 25.2 Å². The van der Waals surface area contributed by atoms with Crippen LogP contribution in [-0.2, 0) is 6.42 Å². The summed E-state index contributed by atoms with van der Waals surface area (Å²) in [6.07, 6.45) is 10.2. The van der Waals surface area contributed by atoms with Gasteiger partial charge < -0.3 is 5.11 Å². The Hall–Kier alpha value is -1.75. The largest absolute Gasteiger partial charge is 0.396 e. The Labute approximate surface area is 87.4 Å². The summed E-state index contributed by atoms with van der Waals surface area (Å²) in [6.45, 7) is 0.205. The van der Waals surface area contributed by atoms with E-state index in [0.29, 0.717) is 5.82 Å². The first kappa shape index (κ1) is 9.79. The van der Waals surface area contributed by atoms with Crippen LogP contribution in [0, 0.1) is 0 Å². The number of aryl methyl sites for hydroxylation is 1. The molecular formula is C10H12N4O. The van der Waals surface area contributed by atoms with E-state index in [2.05, 4.69) is 15.1 Å². The molecule has 2 aromatic heterocycles. The number of hydrogen-bond acceptors (Lipinski definition) is 4. The van der Waals surface area contributed by atoms with Crippen LogP contribution in [-0.4, -0.2) is 31.5 Å². The van der Waals surface area contributed by atoms with Crippen molar-refractivity contribution in [1.82, 2.24) is 19.7 Å². The predicted molar refractivity (Wildman–Crippen MR) is 54.6 cm³/mol. The van der Waals surface area contributed by atoms with Crippen molar-refractivity contribution in [3.8, 4) is 5.82 Å². The van der Waals surface area contributed by atoms with Crippen molar-refractivity contribution in [3.05, 3.63) is 36.5 Å². The topological polar surface area (TPSA) is 63.8 Å². The Balaban J connectivity index is 2.14. The van der Waals surface area contributed by atoms with Crippen LogP contribution in [0.5, 0.6) is 0 Å². The Morgan fingerprint density at radius 3 is 2.93 bits per heavy atom. The summed E-state index contributed by atoms with van der Waals surface area (Å²) < 4.78 is 1.68. The van der Waals surface area contributed by atoms with Crippen molar-refractivity contribution < 1.29 is 5.11 Å². The van der Waals surface area contributed by atoms with Gasteiger partial charge in [-0.05, 0) is 18.4 Å².